The molecule has 0 N–H and O–H groups in total. The molecule has 4 nitrogen and oxygen atoms in total. The second-order valence-corrected chi connectivity index (χ2v) is 9.93. The summed E-state index contributed by atoms with van der Waals surface area (Å²) in [5, 5.41) is 1.76. The van der Waals surface area contributed by atoms with Gasteiger partial charge < -0.3 is 4.90 Å². The van der Waals surface area contributed by atoms with Gasteiger partial charge >= 0.3 is 0 Å². The molecule has 3 aromatic rings. The minimum atomic E-state index is 0.0389. The normalized spacial score (nSPS) is 19.0. The Morgan fingerprint density at radius 2 is 1.58 bits per heavy atom. The molecular weight excluding hydrogens is 446 g/mol. The summed E-state index contributed by atoms with van der Waals surface area (Å²) in [5.41, 5.74) is 4.38. The van der Waals surface area contributed by atoms with Crippen molar-refractivity contribution in [1.82, 2.24) is 4.90 Å². The molecule has 0 unspecified atom stereocenters. The van der Waals surface area contributed by atoms with Crippen molar-refractivity contribution in [3.63, 3.8) is 0 Å². The van der Waals surface area contributed by atoms with Gasteiger partial charge in [-0.15, -0.1) is 0 Å². The zero-order valence-corrected chi connectivity index (χ0v) is 20.3. The van der Waals surface area contributed by atoms with Gasteiger partial charge in [0.05, 0.1) is 11.4 Å². The standard InChI is InChI=1S/C27H25N3OS2/c1-3-29-22-15-9-10-16-23(22)32-26(29)24-25(31)30(18-17-20-12-5-4-6-13-20)27(33-24)28-21-14-8-7-11-19(21)2/h4-16H,3,17-18H2,1-2H3. The molecular formula is C27H25N3OS2. The molecule has 5 rings (SSSR count). The molecule has 0 saturated carbocycles. The number of carbonyl (C=O) groups excluding carboxylic acids is 1. The number of thioether (sulfide) groups is 2. The Hall–Kier alpha value is -2.96. The molecule has 33 heavy (non-hydrogen) atoms. The third kappa shape index (κ3) is 4.33. The number of hydrogen-bond donors (Lipinski definition) is 0. The van der Waals surface area contributed by atoms with Crippen LogP contribution < -0.4 is 4.90 Å². The number of hydrogen-bond acceptors (Lipinski definition) is 5. The highest BCUT2D eigenvalue weighted by atomic mass is 32.2. The second kappa shape index (κ2) is 9.49. The number of amides is 1. The van der Waals surface area contributed by atoms with Crippen LogP contribution >= 0.6 is 23.5 Å². The van der Waals surface area contributed by atoms with Crippen molar-refractivity contribution in [1.29, 1.82) is 0 Å². The number of anilines is 1. The highest BCUT2D eigenvalue weighted by molar-refractivity contribution is 8.19. The van der Waals surface area contributed by atoms with E-state index >= 15 is 0 Å². The summed E-state index contributed by atoms with van der Waals surface area (Å²) < 4.78 is 0. The minimum Gasteiger partial charge on any atom is -0.334 e. The zero-order chi connectivity index (χ0) is 22.8. The first-order chi connectivity index (χ1) is 16.2. The van der Waals surface area contributed by atoms with Crippen LogP contribution in [0.2, 0.25) is 0 Å². The third-order valence-corrected chi connectivity index (χ3v) is 8.16. The predicted molar refractivity (Wildman–Crippen MR) is 140 cm³/mol. The van der Waals surface area contributed by atoms with Gasteiger partial charge in [-0.25, -0.2) is 4.99 Å². The first-order valence-corrected chi connectivity index (χ1v) is 12.8. The lowest BCUT2D eigenvalue weighted by molar-refractivity contribution is -0.122. The highest BCUT2D eigenvalue weighted by Gasteiger charge is 2.39. The lowest BCUT2D eigenvalue weighted by atomic mass is 10.1. The van der Waals surface area contributed by atoms with Crippen LogP contribution in [0.5, 0.6) is 0 Å². The van der Waals surface area contributed by atoms with Gasteiger partial charge in [-0.1, -0.05) is 72.4 Å². The van der Waals surface area contributed by atoms with Crippen LogP contribution in [0.25, 0.3) is 0 Å². The fraction of sp³-hybridized carbons (Fsp3) is 0.185. The molecule has 2 heterocycles. The molecule has 0 aromatic heterocycles. The number of rotatable bonds is 5. The molecule has 3 aromatic carbocycles. The minimum absolute atomic E-state index is 0.0389. The Morgan fingerprint density at radius 1 is 0.848 bits per heavy atom. The van der Waals surface area contributed by atoms with Gasteiger partial charge in [-0.3, -0.25) is 9.69 Å². The second-order valence-electron chi connectivity index (χ2n) is 7.92. The van der Waals surface area contributed by atoms with Crippen LogP contribution in [-0.4, -0.2) is 29.1 Å². The monoisotopic (exact) mass is 471 g/mol. The number of nitrogens with zero attached hydrogens (tertiary/aromatic N) is 3. The van der Waals surface area contributed by atoms with Gasteiger partial charge in [0.1, 0.15) is 9.93 Å². The van der Waals surface area contributed by atoms with E-state index in [1.165, 1.54) is 27.9 Å². The van der Waals surface area contributed by atoms with E-state index in [9.17, 15) is 4.79 Å². The van der Waals surface area contributed by atoms with E-state index < -0.39 is 0 Å². The van der Waals surface area contributed by atoms with Gasteiger partial charge in [-0.2, -0.15) is 0 Å². The smallest absolute Gasteiger partial charge is 0.269 e. The molecule has 2 aliphatic rings. The molecule has 0 aliphatic carbocycles. The zero-order valence-electron chi connectivity index (χ0n) is 18.7. The predicted octanol–water partition coefficient (Wildman–Crippen LogP) is 6.60. The largest absolute Gasteiger partial charge is 0.334 e. The number of benzene rings is 3. The molecule has 6 heteroatoms. The summed E-state index contributed by atoms with van der Waals surface area (Å²) in [7, 11) is 0. The molecule has 2 aliphatic heterocycles. The molecule has 1 fully saturated rings. The van der Waals surface area contributed by atoms with E-state index in [-0.39, 0.29) is 5.91 Å². The Bertz CT molecular complexity index is 1250. The van der Waals surface area contributed by atoms with E-state index in [1.54, 1.807) is 11.8 Å². The number of para-hydroxylation sites is 2. The lowest BCUT2D eigenvalue weighted by Crippen LogP contribution is -2.32. The van der Waals surface area contributed by atoms with Crippen molar-refractivity contribution in [2.24, 2.45) is 4.99 Å². The summed E-state index contributed by atoms with van der Waals surface area (Å²) in [6.45, 7) is 5.59. The summed E-state index contributed by atoms with van der Waals surface area (Å²) in [6, 6.07) is 26.7. The maximum Gasteiger partial charge on any atom is 0.269 e. The van der Waals surface area contributed by atoms with Crippen molar-refractivity contribution in [3.05, 3.63) is 99.9 Å². The van der Waals surface area contributed by atoms with Gasteiger partial charge in [0.25, 0.3) is 5.91 Å². The Morgan fingerprint density at radius 3 is 2.36 bits per heavy atom. The molecule has 0 spiro atoms. The average Bonchev–Trinajstić information content (AvgIpc) is 3.36. The maximum absolute atomic E-state index is 13.7. The van der Waals surface area contributed by atoms with Crippen molar-refractivity contribution >= 4 is 46.0 Å². The van der Waals surface area contributed by atoms with Crippen LogP contribution in [0.15, 0.2) is 98.7 Å². The van der Waals surface area contributed by atoms with E-state index in [0.29, 0.717) is 6.54 Å². The van der Waals surface area contributed by atoms with Crippen molar-refractivity contribution in [2.75, 3.05) is 18.0 Å². The fourth-order valence-electron chi connectivity index (χ4n) is 4.01. The fourth-order valence-corrected chi connectivity index (χ4v) is 6.42. The van der Waals surface area contributed by atoms with Gasteiger partial charge in [0.15, 0.2) is 5.17 Å². The van der Waals surface area contributed by atoms with Crippen molar-refractivity contribution in [2.45, 2.75) is 25.2 Å². The molecule has 166 valence electrons. The maximum atomic E-state index is 13.7. The molecule has 0 radical (unpaired) electrons. The topological polar surface area (TPSA) is 35.9 Å². The molecule has 0 bridgehead atoms. The highest BCUT2D eigenvalue weighted by Crippen LogP contribution is 2.50. The summed E-state index contributed by atoms with van der Waals surface area (Å²) in [4.78, 5) is 24.7. The number of aliphatic imine (C=N–C) groups is 1. The first-order valence-electron chi connectivity index (χ1n) is 11.1. The van der Waals surface area contributed by atoms with E-state index in [0.717, 1.165) is 39.3 Å². The lowest BCUT2D eigenvalue weighted by Gasteiger charge is -2.19. The summed E-state index contributed by atoms with van der Waals surface area (Å²) in [5.74, 6) is 0.0389. The average molecular weight is 472 g/mol. The van der Waals surface area contributed by atoms with Crippen LogP contribution in [0.3, 0.4) is 0 Å². The number of amidine groups is 1. The summed E-state index contributed by atoms with van der Waals surface area (Å²) in [6.07, 6.45) is 0.785. The van der Waals surface area contributed by atoms with E-state index in [2.05, 4.69) is 55.1 Å². The Kier molecular flexibility index (Phi) is 6.29. The molecule has 0 atom stereocenters. The van der Waals surface area contributed by atoms with Crippen molar-refractivity contribution < 1.29 is 4.79 Å². The van der Waals surface area contributed by atoms with E-state index in [1.807, 2.05) is 47.4 Å². The molecule has 1 amide bonds. The number of carbonyl (C=O) groups is 1. The quantitative estimate of drug-likeness (QED) is 0.393. The van der Waals surface area contributed by atoms with Gasteiger partial charge in [0, 0.05) is 18.0 Å². The van der Waals surface area contributed by atoms with Crippen molar-refractivity contribution in [3.8, 4) is 0 Å². The Balaban J connectivity index is 1.53. The number of fused-ring (bicyclic) bond motifs is 1. The van der Waals surface area contributed by atoms with Crippen LogP contribution in [0, 0.1) is 6.92 Å². The first kappa shape index (κ1) is 21.9. The Labute approximate surface area is 203 Å². The number of aryl methyl sites for hydroxylation is 1. The SMILES string of the molecule is CCN1C(=C2SC(=Nc3ccccc3C)N(CCc3ccccc3)C2=O)Sc2ccccc21. The van der Waals surface area contributed by atoms with Crippen LogP contribution in [-0.2, 0) is 11.2 Å². The summed E-state index contributed by atoms with van der Waals surface area (Å²) >= 11 is 3.18. The van der Waals surface area contributed by atoms with Crippen LogP contribution in [0.1, 0.15) is 18.1 Å². The van der Waals surface area contributed by atoms with Crippen LogP contribution in [0.4, 0.5) is 11.4 Å². The van der Waals surface area contributed by atoms with E-state index in [4.69, 9.17) is 4.99 Å². The van der Waals surface area contributed by atoms with Gasteiger partial charge in [-0.05, 0) is 61.4 Å². The third-order valence-electron chi connectivity index (χ3n) is 5.78. The molecule has 1 saturated heterocycles. The van der Waals surface area contributed by atoms with Gasteiger partial charge in [0.2, 0.25) is 0 Å².